The number of nitrogens with one attached hydrogen (secondary N) is 1. The molecule has 0 unspecified atom stereocenters. The molecule has 0 heterocycles. The van der Waals surface area contributed by atoms with E-state index in [9.17, 15) is 4.79 Å². The Bertz CT molecular complexity index is 133. The first-order valence-corrected chi connectivity index (χ1v) is 4.03. The maximum atomic E-state index is 11.1. The Balaban J connectivity index is 2.11. The standard InChI is InChI=1S/C8H15NO/c1-3-4-9-8(10)7-5-6(7)2/h6-7H,3-5H2,1-2H3,(H,9,10)/t6-,7+/m1/s1. The molecule has 1 fully saturated rings. The monoisotopic (exact) mass is 141 g/mol. The summed E-state index contributed by atoms with van der Waals surface area (Å²) in [5.74, 6) is 1.23. The van der Waals surface area contributed by atoms with Crippen LogP contribution in [0.5, 0.6) is 0 Å². The van der Waals surface area contributed by atoms with Crippen LogP contribution >= 0.6 is 0 Å². The number of carbonyl (C=O) groups excluding carboxylic acids is 1. The van der Waals surface area contributed by atoms with Crippen LogP contribution < -0.4 is 5.32 Å². The average Bonchev–Trinajstić information content (AvgIpc) is 2.62. The van der Waals surface area contributed by atoms with Crippen LogP contribution in [-0.4, -0.2) is 12.5 Å². The normalized spacial score (nSPS) is 29.8. The molecule has 0 aliphatic heterocycles. The van der Waals surface area contributed by atoms with Gasteiger partial charge in [0.25, 0.3) is 0 Å². The maximum Gasteiger partial charge on any atom is 0.223 e. The van der Waals surface area contributed by atoms with Crippen LogP contribution in [0.25, 0.3) is 0 Å². The molecule has 10 heavy (non-hydrogen) atoms. The molecular weight excluding hydrogens is 126 g/mol. The second-order valence-corrected chi connectivity index (χ2v) is 3.11. The van der Waals surface area contributed by atoms with Gasteiger partial charge in [0.2, 0.25) is 5.91 Å². The van der Waals surface area contributed by atoms with Crippen molar-refractivity contribution in [2.75, 3.05) is 6.54 Å². The molecule has 0 radical (unpaired) electrons. The number of hydrogen-bond donors (Lipinski definition) is 1. The van der Waals surface area contributed by atoms with E-state index in [4.69, 9.17) is 0 Å². The summed E-state index contributed by atoms with van der Waals surface area (Å²) in [5.41, 5.74) is 0. The highest BCUT2D eigenvalue weighted by Crippen LogP contribution is 2.37. The third-order valence-electron chi connectivity index (χ3n) is 2.00. The minimum absolute atomic E-state index is 0.259. The van der Waals surface area contributed by atoms with Gasteiger partial charge in [0, 0.05) is 12.5 Å². The van der Waals surface area contributed by atoms with Crippen molar-refractivity contribution in [2.24, 2.45) is 11.8 Å². The third kappa shape index (κ3) is 1.72. The Labute approximate surface area is 62.0 Å². The lowest BCUT2D eigenvalue weighted by atomic mass is 10.3. The number of amides is 1. The summed E-state index contributed by atoms with van der Waals surface area (Å²) in [6.07, 6.45) is 2.13. The van der Waals surface area contributed by atoms with E-state index in [-0.39, 0.29) is 5.91 Å². The molecule has 1 amide bonds. The zero-order valence-corrected chi connectivity index (χ0v) is 6.68. The number of rotatable bonds is 3. The Morgan fingerprint density at radius 1 is 1.70 bits per heavy atom. The van der Waals surface area contributed by atoms with E-state index in [2.05, 4.69) is 19.2 Å². The molecule has 1 rings (SSSR count). The third-order valence-corrected chi connectivity index (χ3v) is 2.00. The smallest absolute Gasteiger partial charge is 0.223 e. The lowest BCUT2D eigenvalue weighted by Gasteiger charge is -1.99. The van der Waals surface area contributed by atoms with E-state index in [1.54, 1.807) is 0 Å². The Morgan fingerprint density at radius 2 is 2.30 bits per heavy atom. The molecule has 2 nitrogen and oxygen atoms in total. The molecule has 0 aromatic heterocycles. The van der Waals surface area contributed by atoms with Gasteiger partial charge in [-0.05, 0) is 18.8 Å². The van der Waals surface area contributed by atoms with Crippen LogP contribution in [0.4, 0.5) is 0 Å². The summed E-state index contributed by atoms with van der Waals surface area (Å²) in [5, 5.41) is 2.89. The van der Waals surface area contributed by atoms with Crippen LogP contribution in [0, 0.1) is 11.8 Å². The van der Waals surface area contributed by atoms with E-state index in [0.717, 1.165) is 19.4 Å². The van der Waals surface area contributed by atoms with Crippen LogP contribution in [0.15, 0.2) is 0 Å². The van der Waals surface area contributed by atoms with Crippen LogP contribution in [-0.2, 0) is 4.79 Å². The highest BCUT2D eigenvalue weighted by Gasteiger charge is 2.38. The predicted octanol–water partition coefficient (Wildman–Crippen LogP) is 1.17. The fourth-order valence-corrected chi connectivity index (χ4v) is 1.07. The summed E-state index contributed by atoms with van der Waals surface area (Å²) in [6.45, 7) is 5.02. The van der Waals surface area contributed by atoms with Crippen LogP contribution in [0.1, 0.15) is 26.7 Å². The first-order chi connectivity index (χ1) is 4.75. The van der Waals surface area contributed by atoms with Gasteiger partial charge in [-0.15, -0.1) is 0 Å². The Morgan fingerprint density at radius 3 is 2.70 bits per heavy atom. The fourth-order valence-electron chi connectivity index (χ4n) is 1.07. The SMILES string of the molecule is CCCNC(=O)[C@H]1C[C@H]1C. The van der Waals surface area contributed by atoms with E-state index >= 15 is 0 Å². The maximum absolute atomic E-state index is 11.1. The number of hydrogen-bond acceptors (Lipinski definition) is 1. The van der Waals surface area contributed by atoms with Crippen molar-refractivity contribution in [3.63, 3.8) is 0 Å². The molecule has 2 atom stereocenters. The van der Waals surface area contributed by atoms with E-state index < -0.39 is 0 Å². The quantitative estimate of drug-likeness (QED) is 0.628. The topological polar surface area (TPSA) is 29.1 Å². The molecule has 0 saturated heterocycles. The summed E-state index contributed by atoms with van der Waals surface area (Å²) in [6, 6.07) is 0. The van der Waals surface area contributed by atoms with Crippen LogP contribution in [0.2, 0.25) is 0 Å². The van der Waals surface area contributed by atoms with Crippen LogP contribution in [0.3, 0.4) is 0 Å². The molecule has 0 bridgehead atoms. The van der Waals surface area contributed by atoms with E-state index in [1.807, 2.05) is 0 Å². The van der Waals surface area contributed by atoms with Gasteiger partial charge < -0.3 is 5.32 Å². The van der Waals surface area contributed by atoms with Crippen molar-refractivity contribution in [1.82, 2.24) is 5.32 Å². The Hall–Kier alpha value is -0.530. The van der Waals surface area contributed by atoms with Gasteiger partial charge in [-0.2, -0.15) is 0 Å². The Kier molecular flexibility index (Phi) is 2.30. The molecular formula is C8H15NO. The molecule has 1 saturated carbocycles. The van der Waals surface area contributed by atoms with Gasteiger partial charge in [0.15, 0.2) is 0 Å². The van der Waals surface area contributed by atoms with E-state index in [0.29, 0.717) is 11.8 Å². The van der Waals surface area contributed by atoms with Gasteiger partial charge >= 0.3 is 0 Å². The first-order valence-electron chi connectivity index (χ1n) is 4.03. The lowest BCUT2D eigenvalue weighted by Crippen LogP contribution is -2.25. The van der Waals surface area contributed by atoms with Crippen molar-refractivity contribution in [2.45, 2.75) is 26.7 Å². The molecule has 58 valence electrons. The zero-order chi connectivity index (χ0) is 7.56. The van der Waals surface area contributed by atoms with Crippen molar-refractivity contribution in [1.29, 1.82) is 0 Å². The predicted molar refractivity (Wildman–Crippen MR) is 40.6 cm³/mol. The summed E-state index contributed by atoms with van der Waals surface area (Å²) >= 11 is 0. The van der Waals surface area contributed by atoms with Gasteiger partial charge in [-0.25, -0.2) is 0 Å². The largest absolute Gasteiger partial charge is 0.356 e. The summed E-state index contributed by atoms with van der Waals surface area (Å²) < 4.78 is 0. The van der Waals surface area contributed by atoms with Crippen molar-refractivity contribution in [3.8, 4) is 0 Å². The van der Waals surface area contributed by atoms with Gasteiger partial charge in [-0.3, -0.25) is 4.79 Å². The second-order valence-electron chi connectivity index (χ2n) is 3.11. The summed E-state index contributed by atoms with van der Waals surface area (Å²) in [4.78, 5) is 11.1. The molecule has 0 aromatic carbocycles. The van der Waals surface area contributed by atoms with Crippen molar-refractivity contribution >= 4 is 5.91 Å². The van der Waals surface area contributed by atoms with Gasteiger partial charge in [0.05, 0.1) is 0 Å². The molecule has 0 aromatic rings. The van der Waals surface area contributed by atoms with Crippen molar-refractivity contribution in [3.05, 3.63) is 0 Å². The molecule has 0 spiro atoms. The average molecular weight is 141 g/mol. The molecule has 1 aliphatic carbocycles. The molecule has 1 N–H and O–H groups in total. The highest BCUT2D eigenvalue weighted by atomic mass is 16.2. The molecule has 1 aliphatic rings. The highest BCUT2D eigenvalue weighted by molar-refractivity contribution is 5.81. The second kappa shape index (κ2) is 3.04. The zero-order valence-electron chi connectivity index (χ0n) is 6.68. The summed E-state index contributed by atoms with van der Waals surface area (Å²) in [7, 11) is 0. The van der Waals surface area contributed by atoms with E-state index in [1.165, 1.54) is 0 Å². The number of carbonyl (C=O) groups is 1. The molecule has 2 heteroatoms. The lowest BCUT2D eigenvalue weighted by molar-refractivity contribution is -0.122. The first kappa shape index (κ1) is 7.58. The van der Waals surface area contributed by atoms with Gasteiger partial charge in [0.1, 0.15) is 0 Å². The van der Waals surface area contributed by atoms with Gasteiger partial charge in [-0.1, -0.05) is 13.8 Å². The minimum atomic E-state index is 0.259. The minimum Gasteiger partial charge on any atom is -0.356 e. The fraction of sp³-hybridized carbons (Fsp3) is 0.875. The van der Waals surface area contributed by atoms with Crippen molar-refractivity contribution < 1.29 is 4.79 Å².